The molecule has 1 rings (SSSR count). The standard InChI is InChI=1S/C8H17NO4S2/c1-3-9(4-2)15(12,13)8-5-6-14(10,11)7-8/h8H,3-7H2,1-2H3/t8-/m1/s1. The molecule has 0 saturated carbocycles. The van der Waals surface area contributed by atoms with Gasteiger partial charge in [0.1, 0.15) is 0 Å². The first kappa shape index (κ1) is 12.9. The van der Waals surface area contributed by atoms with Crippen molar-refractivity contribution in [2.45, 2.75) is 25.5 Å². The zero-order valence-corrected chi connectivity index (χ0v) is 10.6. The third kappa shape index (κ3) is 2.70. The Morgan fingerprint density at radius 3 is 2.13 bits per heavy atom. The van der Waals surface area contributed by atoms with E-state index >= 15 is 0 Å². The number of hydrogen-bond donors (Lipinski definition) is 0. The van der Waals surface area contributed by atoms with Gasteiger partial charge in [-0.15, -0.1) is 0 Å². The van der Waals surface area contributed by atoms with Crippen LogP contribution in [0.4, 0.5) is 0 Å². The fourth-order valence-electron chi connectivity index (χ4n) is 1.79. The highest BCUT2D eigenvalue weighted by atomic mass is 32.2. The summed E-state index contributed by atoms with van der Waals surface area (Å²) in [6.07, 6.45) is 0.237. The van der Waals surface area contributed by atoms with Crippen molar-refractivity contribution in [3.05, 3.63) is 0 Å². The molecule has 1 aliphatic rings. The lowest BCUT2D eigenvalue weighted by Gasteiger charge is -2.21. The zero-order valence-electron chi connectivity index (χ0n) is 9.01. The van der Waals surface area contributed by atoms with Crippen molar-refractivity contribution in [3.63, 3.8) is 0 Å². The van der Waals surface area contributed by atoms with Crippen LogP contribution in [0.25, 0.3) is 0 Å². The van der Waals surface area contributed by atoms with Crippen molar-refractivity contribution < 1.29 is 16.8 Å². The van der Waals surface area contributed by atoms with Crippen LogP contribution >= 0.6 is 0 Å². The zero-order chi connectivity index (χ0) is 11.7. The van der Waals surface area contributed by atoms with E-state index in [-0.39, 0.29) is 17.9 Å². The number of nitrogens with zero attached hydrogens (tertiary/aromatic N) is 1. The highest BCUT2D eigenvalue weighted by Crippen LogP contribution is 2.21. The molecular formula is C8H17NO4S2. The highest BCUT2D eigenvalue weighted by Gasteiger charge is 2.39. The van der Waals surface area contributed by atoms with Crippen molar-refractivity contribution in [2.24, 2.45) is 0 Å². The summed E-state index contributed by atoms with van der Waals surface area (Å²) >= 11 is 0. The lowest BCUT2D eigenvalue weighted by Crippen LogP contribution is -2.39. The molecule has 0 aromatic carbocycles. The van der Waals surface area contributed by atoms with Gasteiger partial charge >= 0.3 is 0 Å². The van der Waals surface area contributed by atoms with Crippen LogP contribution in [0.5, 0.6) is 0 Å². The molecular weight excluding hydrogens is 238 g/mol. The molecule has 5 nitrogen and oxygen atoms in total. The van der Waals surface area contributed by atoms with Gasteiger partial charge in [-0.25, -0.2) is 21.1 Å². The van der Waals surface area contributed by atoms with Gasteiger partial charge in [-0.2, -0.15) is 0 Å². The van der Waals surface area contributed by atoms with Crippen LogP contribution in [-0.4, -0.2) is 51.0 Å². The first-order valence-corrected chi connectivity index (χ1v) is 8.35. The SMILES string of the molecule is CCN(CC)S(=O)(=O)[C@@H]1CCS(=O)(=O)C1. The minimum Gasteiger partial charge on any atom is -0.229 e. The molecule has 1 saturated heterocycles. The van der Waals surface area contributed by atoms with Crippen LogP contribution in [0.3, 0.4) is 0 Å². The largest absolute Gasteiger partial charge is 0.229 e. The molecule has 0 spiro atoms. The van der Waals surface area contributed by atoms with Gasteiger partial charge in [-0.3, -0.25) is 0 Å². The van der Waals surface area contributed by atoms with Gasteiger partial charge in [0.25, 0.3) is 0 Å². The third-order valence-electron chi connectivity index (χ3n) is 2.68. The van der Waals surface area contributed by atoms with Crippen LogP contribution in [0.2, 0.25) is 0 Å². The Hall–Kier alpha value is -0.140. The Morgan fingerprint density at radius 2 is 1.80 bits per heavy atom. The molecule has 0 aromatic rings. The lowest BCUT2D eigenvalue weighted by molar-refractivity contribution is 0.437. The average molecular weight is 255 g/mol. The first-order chi connectivity index (χ1) is 6.83. The van der Waals surface area contributed by atoms with E-state index in [1.807, 2.05) is 0 Å². The Balaban J connectivity index is 2.89. The molecule has 1 fully saturated rings. The quantitative estimate of drug-likeness (QED) is 0.700. The van der Waals surface area contributed by atoms with Crippen molar-refractivity contribution in [1.29, 1.82) is 0 Å². The van der Waals surface area contributed by atoms with E-state index in [2.05, 4.69) is 0 Å². The summed E-state index contributed by atoms with van der Waals surface area (Å²) in [4.78, 5) is 0. The monoisotopic (exact) mass is 255 g/mol. The number of hydrogen-bond acceptors (Lipinski definition) is 4. The minimum absolute atomic E-state index is 0.00182. The van der Waals surface area contributed by atoms with E-state index in [0.29, 0.717) is 13.1 Å². The van der Waals surface area contributed by atoms with E-state index < -0.39 is 25.1 Å². The van der Waals surface area contributed by atoms with Crippen LogP contribution in [0.1, 0.15) is 20.3 Å². The fourth-order valence-corrected chi connectivity index (χ4v) is 6.35. The molecule has 1 heterocycles. The first-order valence-electron chi connectivity index (χ1n) is 5.03. The molecule has 7 heteroatoms. The second kappa shape index (κ2) is 4.39. The predicted octanol–water partition coefficient (Wildman–Crippen LogP) is -0.155. The molecule has 0 aliphatic carbocycles. The summed E-state index contributed by atoms with van der Waals surface area (Å²) in [5.74, 6) is -0.218. The molecule has 0 N–H and O–H groups in total. The van der Waals surface area contributed by atoms with Crippen molar-refractivity contribution in [1.82, 2.24) is 4.31 Å². The van der Waals surface area contributed by atoms with Crippen molar-refractivity contribution in [2.75, 3.05) is 24.6 Å². The Kier molecular flexibility index (Phi) is 3.78. The molecule has 90 valence electrons. The Labute approximate surface area is 91.4 Å². The molecule has 0 radical (unpaired) electrons. The predicted molar refractivity (Wildman–Crippen MR) is 58.9 cm³/mol. The van der Waals surface area contributed by atoms with Gasteiger partial charge in [0.15, 0.2) is 9.84 Å². The third-order valence-corrected chi connectivity index (χ3v) is 7.14. The summed E-state index contributed by atoms with van der Waals surface area (Å²) in [6, 6.07) is 0. The van der Waals surface area contributed by atoms with Crippen LogP contribution < -0.4 is 0 Å². The Bertz CT molecular complexity index is 408. The summed E-state index contributed by atoms with van der Waals surface area (Å²) in [7, 11) is -6.55. The van der Waals surface area contributed by atoms with Gasteiger partial charge in [0.05, 0.1) is 16.8 Å². The number of sulfone groups is 1. The van der Waals surface area contributed by atoms with Gasteiger partial charge in [-0.05, 0) is 6.42 Å². The number of sulfonamides is 1. The maximum absolute atomic E-state index is 11.9. The lowest BCUT2D eigenvalue weighted by atomic mass is 10.4. The maximum Gasteiger partial charge on any atom is 0.218 e. The minimum atomic E-state index is -3.42. The van der Waals surface area contributed by atoms with E-state index in [4.69, 9.17) is 0 Å². The van der Waals surface area contributed by atoms with E-state index in [0.717, 1.165) is 0 Å². The summed E-state index contributed by atoms with van der Waals surface area (Å²) in [5, 5.41) is -0.734. The summed E-state index contributed by atoms with van der Waals surface area (Å²) in [5.41, 5.74) is 0. The summed E-state index contributed by atoms with van der Waals surface area (Å²) < 4.78 is 47.6. The normalized spacial score (nSPS) is 25.9. The molecule has 0 amide bonds. The van der Waals surface area contributed by atoms with E-state index in [1.165, 1.54) is 4.31 Å². The number of rotatable bonds is 4. The van der Waals surface area contributed by atoms with Crippen LogP contribution in [-0.2, 0) is 19.9 Å². The van der Waals surface area contributed by atoms with Gasteiger partial charge < -0.3 is 0 Å². The average Bonchev–Trinajstić information content (AvgIpc) is 2.48. The summed E-state index contributed by atoms with van der Waals surface area (Å²) in [6.45, 7) is 4.31. The molecule has 0 aromatic heterocycles. The van der Waals surface area contributed by atoms with Crippen LogP contribution in [0.15, 0.2) is 0 Å². The van der Waals surface area contributed by atoms with Gasteiger partial charge in [0, 0.05) is 13.1 Å². The van der Waals surface area contributed by atoms with Crippen LogP contribution in [0, 0.1) is 0 Å². The fraction of sp³-hybridized carbons (Fsp3) is 1.00. The second-order valence-corrected chi connectivity index (χ2v) is 8.10. The van der Waals surface area contributed by atoms with Gasteiger partial charge in [-0.1, -0.05) is 13.8 Å². The van der Waals surface area contributed by atoms with E-state index in [9.17, 15) is 16.8 Å². The van der Waals surface area contributed by atoms with Crippen molar-refractivity contribution >= 4 is 19.9 Å². The molecule has 0 bridgehead atoms. The molecule has 1 aliphatic heterocycles. The van der Waals surface area contributed by atoms with Gasteiger partial charge in [0.2, 0.25) is 10.0 Å². The Morgan fingerprint density at radius 1 is 1.27 bits per heavy atom. The smallest absolute Gasteiger partial charge is 0.218 e. The molecule has 15 heavy (non-hydrogen) atoms. The van der Waals surface area contributed by atoms with E-state index in [1.54, 1.807) is 13.8 Å². The molecule has 0 unspecified atom stereocenters. The highest BCUT2D eigenvalue weighted by molar-refractivity contribution is 7.95. The topological polar surface area (TPSA) is 71.5 Å². The molecule has 1 atom stereocenters. The maximum atomic E-state index is 11.9. The second-order valence-electron chi connectivity index (χ2n) is 3.65. The van der Waals surface area contributed by atoms with Crippen molar-refractivity contribution in [3.8, 4) is 0 Å².